The smallest absolute Gasteiger partial charge is 0.137 e. The summed E-state index contributed by atoms with van der Waals surface area (Å²) in [6, 6.07) is 8.76. The number of hydrogen-bond acceptors (Lipinski definition) is 3. The molecule has 1 aliphatic heterocycles. The Hall–Kier alpha value is -1.84. The van der Waals surface area contributed by atoms with Gasteiger partial charge in [0.05, 0.1) is 6.54 Å². The van der Waals surface area contributed by atoms with Crippen molar-refractivity contribution in [3.8, 4) is 0 Å². The molecule has 18 heavy (non-hydrogen) atoms. The van der Waals surface area contributed by atoms with Gasteiger partial charge in [-0.2, -0.15) is 5.10 Å². The molecule has 0 fully saturated rings. The van der Waals surface area contributed by atoms with Crippen LogP contribution in [0.5, 0.6) is 0 Å². The number of aryl methyl sites for hydroxylation is 1. The van der Waals surface area contributed by atoms with Gasteiger partial charge in [-0.15, -0.1) is 0 Å². The summed E-state index contributed by atoms with van der Waals surface area (Å²) in [4.78, 5) is 6.46. The Morgan fingerprint density at radius 1 is 1.11 bits per heavy atom. The van der Waals surface area contributed by atoms with E-state index in [2.05, 4.69) is 39.2 Å². The third-order valence-corrected chi connectivity index (χ3v) is 3.52. The average molecular weight is 242 g/mol. The van der Waals surface area contributed by atoms with Crippen LogP contribution in [0.3, 0.4) is 0 Å². The van der Waals surface area contributed by atoms with E-state index in [1.165, 1.54) is 30.5 Å². The Bertz CT molecular complexity index is 492. The summed E-state index contributed by atoms with van der Waals surface area (Å²) in [5, 5.41) is 4.16. The third-order valence-electron chi connectivity index (χ3n) is 3.52. The number of anilines is 1. The largest absolute Gasteiger partial charge is 0.369 e. The van der Waals surface area contributed by atoms with Gasteiger partial charge in [-0.3, -0.25) is 4.68 Å². The van der Waals surface area contributed by atoms with Crippen molar-refractivity contribution in [1.29, 1.82) is 0 Å². The molecule has 0 atom stereocenters. The van der Waals surface area contributed by atoms with E-state index >= 15 is 0 Å². The molecule has 1 aliphatic rings. The molecule has 0 radical (unpaired) electrons. The molecule has 0 spiro atoms. The Morgan fingerprint density at radius 3 is 2.94 bits per heavy atom. The van der Waals surface area contributed by atoms with Gasteiger partial charge in [0.25, 0.3) is 0 Å². The van der Waals surface area contributed by atoms with Gasteiger partial charge in [-0.1, -0.05) is 18.2 Å². The molecule has 1 aromatic carbocycles. The Labute approximate surface area is 107 Å². The van der Waals surface area contributed by atoms with Crippen molar-refractivity contribution < 1.29 is 0 Å². The summed E-state index contributed by atoms with van der Waals surface area (Å²) in [6.07, 6.45) is 7.14. The van der Waals surface area contributed by atoms with Crippen LogP contribution in [-0.2, 0) is 13.0 Å². The molecule has 0 N–H and O–H groups in total. The van der Waals surface area contributed by atoms with Crippen LogP contribution < -0.4 is 4.90 Å². The molecule has 0 saturated heterocycles. The lowest BCUT2D eigenvalue weighted by Gasteiger charge is -2.24. The van der Waals surface area contributed by atoms with Gasteiger partial charge in [0.15, 0.2) is 0 Å². The number of benzene rings is 1. The quantitative estimate of drug-likeness (QED) is 0.826. The lowest BCUT2D eigenvalue weighted by molar-refractivity contribution is 0.588. The minimum atomic E-state index is 0.897. The predicted molar refractivity (Wildman–Crippen MR) is 71.6 cm³/mol. The molecule has 4 heteroatoms. The van der Waals surface area contributed by atoms with E-state index in [0.717, 1.165) is 19.6 Å². The van der Waals surface area contributed by atoms with E-state index in [1.807, 2.05) is 4.68 Å². The van der Waals surface area contributed by atoms with E-state index in [1.54, 1.807) is 12.7 Å². The molecule has 94 valence electrons. The Balaban J connectivity index is 1.75. The Morgan fingerprint density at radius 2 is 2.06 bits per heavy atom. The minimum Gasteiger partial charge on any atom is -0.369 e. The number of rotatable bonds is 3. The van der Waals surface area contributed by atoms with Crippen LogP contribution in [-0.4, -0.2) is 27.9 Å². The highest BCUT2D eigenvalue weighted by molar-refractivity contribution is 5.54. The van der Waals surface area contributed by atoms with Crippen molar-refractivity contribution in [2.24, 2.45) is 0 Å². The van der Waals surface area contributed by atoms with Crippen LogP contribution in [0.4, 0.5) is 5.69 Å². The zero-order chi connectivity index (χ0) is 12.2. The van der Waals surface area contributed by atoms with E-state index in [0.29, 0.717) is 0 Å². The fourth-order valence-electron chi connectivity index (χ4n) is 2.57. The number of para-hydroxylation sites is 1. The first-order valence-corrected chi connectivity index (χ1v) is 6.59. The van der Waals surface area contributed by atoms with Crippen molar-refractivity contribution in [1.82, 2.24) is 14.8 Å². The van der Waals surface area contributed by atoms with E-state index in [9.17, 15) is 0 Å². The van der Waals surface area contributed by atoms with Crippen molar-refractivity contribution in [2.75, 3.05) is 18.0 Å². The highest BCUT2D eigenvalue weighted by Crippen LogP contribution is 2.25. The molecular formula is C14H18N4. The zero-order valence-electron chi connectivity index (χ0n) is 10.5. The second-order valence-corrected chi connectivity index (χ2v) is 4.73. The van der Waals surface area contributed by atoms with E-state index in [-0.39, 0.29) is 0 Å². The van der Waals surface area contributed by atoms with Gasteiger partial charge >= 0.3 is 0 Å². The molecule has 4 nitrogen and oxygen atoms in total. The maximum absolute atomic E-state index is 4.16. The van der Waals surface area contributed by atoms with Crippen molar-refractivity contribution in [3.63, 3.8) is 0 Å². The first kappa shape index (κ1) is 11.3. The van der Waals surface area contributed by atoms with Crippen molar-refractivity contribution >= 4 is 5.69 Å². The number of aromatic nitrogens is 3. The van der Waals surface area contributed by atoms with Gasteiger partial charge in [0.1, 0.15) is 12.7 Å². The van der Waals surface area contributed by atoms with Crippen LogP contribution in [0, 0.1) is 0 Å². The zero-order valence-corrected chi connectivity index (χ0v) is 10.5. The summed E-state index contributed by atoms with van der Waals surface area (Å²) in [7, 11) is 0. The maximum Gasteiger partial charge on any atom is 0.137 e. The van der Waals surface area contributed by atoms with Crippen LogP contribution in [0.25, 0.3) is 0 Å². The van der Waals surface area contributed by atoms with E-state index < -0.39 is 0 Å². The first-order chi connectivity index (χ1) is 8.93. The Kier molecular flexibility index (Phi) is 3.26. The van der Waals surface area contributed by atoms with Gasteiger partial charge in [0, 0.05) is 18.8 Å². The van der Waals surface area contributed by atoms with Crippen LogP contribution in [0.15, 0.2) is 36.9 Å². The van der Waals surface area contributed by atoms with Gasteiger partial charge in [0.2, 0.25) is 0 Å². The molecule has 0 saturated carbocycles. The van der Waals surface area contributed by atoms with Crippen LogP contribution in [0.1, 0.15) is 18.4 Å². The molecule has 0 amide bonds. The second kappa shape index (κ2) is 5.21. The number of fused-ring (bicyclic) bond motifs is 1. The topological polar surface area (TPSA) is 34.0 Å². The fourth-order valence-corrected chi connectivity index (χ4v) is 2.57. The van der Waals surface area contributed by atoms with E-state index in [4.69, 9.17) is 0 Å². The molecule has 2 aromatic rings. The highest BCUT2D eigenvalue weighted by atomic mass is 15.3. The monoisotopic (exact) mass is 242 g/mol. The maximum atomic E-state index is 4.16. The fraction of sp³-hybridized carbons (Fsp3) is 0.429. The molecule has 3 rings (SSSR count). The first-order valence-electron chi connectivity index (χ1n) is 6.59. The lowest BCUT2D eigenvalue weighted by Crippen LogP contribution is -2.28. The molecule has 0 unspecified atom stereocenters. The minimum absolute atomic E-state index is 0.897. The standard InChI is InChI=1S/C14H18N4/c1-2-7-14-13(5-1)6-3-4-8-17(14)9-10-18-12-15-11-16-18/h1-2,5,7,11-12H,3-4,6,8-10H2. The summed E-state index contributed by atoms with van der Waals surface area (Å²) in [6.45, 7) is 3.04. The van der Waals surface area contributed by atoms with Crippen molar-refractivity contribution in [2.45, 2.75) is 25.8 Å². The van der Waals surface area contributed by atoms with Gasteiger partial charge < -0.3 is 4.90 Å². The summed E-state index contributed by atoms with van der Waals surface area (Å²) >= 11 is 0. The molecule has 0 bridgehead atoms. The molecule has 2 heterocycles. The van der Waals surface area contributed by atoms with Gasteiger partial charge in [-0.25, -0.2) is 4.98 Å². The highest BCUT2D eigenvalue weighted by Gasteiger charge is 2.14. The number of hydrogen-bond donors (Lipinski definition) is 0. The van der Waals surface area contributed by atoms with Crippen molar-refractivity contribution in [3.05, 3.63) is 42.5 Å². The third kappa shape index (κ3) is 2.37. The SMILES string of the molecule is c1ccc2c(c1)CCCCN2CCn1cncn1. The molecular weight excluding hydrogens is 224 g/mol. The predicted octanol–water partition coefficient (Wildman–Crippen LogP) is 2.12. The van der Waals surface area contributed by atoms with Crippen LogP contribution in [0.2, 0.25) is 0 Å². The second-order valence-electron chi connectivity index (χ2n) is 4.73. The lowest BCUT2D eigenvalue weighted by atomic mass is 10.1. The summed E-state index contributed by atoms with van der Waals surface area (Å²) < 4.78 is 1.90. The summed E-state index contributed by atoms with van der Waals surface area (Å²) in [5.74, 6) is 0. The molecule has 0 aliphatic carbocycles. The normalized spacial score (nSPS) is 15.2. The van der Waals surface area contributed by atoms with Gasteiger partial charge in [-0.05, 0) is 30.9 Å². The van der Waals surface area contributed by atoms with Crippen LogP contribution >= 0.6 is 0 Å². The number of nitrogens with zero attached hydrogens (tertiary/aromatic N) is 4. The summed E-state index contributed by atoms with van der Waals surface area (Å²) in [5.41, 5.74) is 2.88. The molecule has 1 aromatic heterocycles. The average Bonchev–Trinajstić information content (AvgIpc) is 2.84.